The van der Waals surface area contributed by atoms with Crippen LogP contribution in [-0.4, -0.2) is 60.7 Å². The van der Waals surface area contributed by atoms with Gasteiger partial charge in [-0.25, -0.2) is 4.79 Å². The minimum Gasteiger partial charge on any atom is -0.490 e. The zero-order valence-electron chi connectivity index (χ0n) is 21.0. The van der Waals surface area contributed by atoms with Gasteiger partial charge in [-0.3, -0.25) is 9.69 Å². The Morgan fingerprint density at radius 1 is 1.14 bits per heavy atom. The predicted molar refractivity (Wildman–Crippen MR) is 137 cm³/mol. The van der Waals surface area contributed by atoms with Crippen molar-refractivity contribution in [3.05, 3.63) is 59.2 Å². The van der Waals surface area contributed by atoms with Gasteiger partial charge in [-0.2, -0.15) is 0 Å². The van der Waals surface area contributed by atoms with Crippen molar-refractivity contribution in [2.75, 3.05) is 31.6 Å². The Bertz CT molecular complexity index is 1050. The highest BCUT2D eigenvalue weighted by Crippen LogP contribution is 2.31. The van der Waals surface area contributed by atoms with Gasteiger partial charge in [0.1, 0.15) is 5.75 Å². The maximum absolute atomic E-state index is 13.2. The fraction of sp³-hybridized carbons (Fsp3) is 0.500. The highest BCUT2D eigenvalue weighted by molar-refractivity contribution is 5.94. The lowest BCUT2D eigenvalue weighted by Gasteiger charge is -2.32. The molecule has 2 fully saturated rings. The maximum atomic E-state index is 13.2. The lowest BCUT2D eigenvalue weighted by Crippen LogP contribution is -2.48. The van der Waals surface area contributed by atoms with Crippen LogP contribution < -0.4 is 15.0 Å². The van der Waals surface area contributed by atoms with Gasteiger partial charge in [0, 0.05) is 50.9 Å². The Morgan fingerprint density at radius 2 is 1.91 bits per heavy atom. The number of ether oxygens (including phenoxy) is 1. The number of aromatic carboxylic acids is 1. The van der Waals surface area contributed by atoms with Crippen LogP contribution in [0.25, 0.3) is 0 Å². The smallest absolute Gasteiger partial charge is 0.335 e. The fourth-order valence-corrected chi connectivity index (χ4v) is 5.19. The molecule has 7 heteroatoms. The van der Waals surface area contributed by atoms with Crippen molar-refractivity contribution in [1.29, 1.82) is 0 Å². The van der Waals surface area contributed by atoms with E-state index < -0.39 is 5.97 Å². The molecule has 2 aromatic rings. The van der Waals surface area contributed by atoms with Crippen LogP contribution in [0.5, 0.6) is 5.75 Å². The summed E-state index contributed by atoms with van der Waals surface area (Å²) in [6.45, 7) is 8.43. The summed E-state index contributed by atoms with van der Waals surface area (Å²) in [5.74, 6) is -0.260. The Labute approximate surface area is 208 Å². The summed E-state index contributed by atoms with van der Waals surface area (Å²) in [4.78, 5) is 28.7. The van der Waals surface area contributed by atoms with Gasteiger partial charge in [0.25, 0.3) is 0 Å². The lowest BCUT2D eigenvalue weighted by molar-refractivity contribution is -0.123. The summed E-state index contributed by atoms with van der Waals surface area (Å²) in [7, 11) is 1.87. The summed E-state index contributed by atoms with van der Waals surface area (Å²) < 4.78 is 6.02. The number of carboxylic acids is 1. The molecular weight excluding hydrogens is 442 g/mol. The molecule has 188 valence electrons. The summed E-state index contributed by atoms with van der Waals surface area (Å²) in [6.07, 6.45) is 3.10. The number of anilines is 1. The molecule has 2 N–H and O–H groups in total. The Kier molecular flexibility index (Phi) is 8.08. The average molecular weight is 480 g/mol. The van der Waals surface area contributed by atoms with Crippen LogP contribution in [0.1, 0.15) is 54.1 Å². The third-order valence-electron chi connectivity index (χ3n) is 7.30. The number of nitrogens with one attached hydrogen (secondary N) is 1. The molecule has 0 bridgehead atoms. The zero-order valence-corrected chi connectivity index (χ0v) is 21.0. The van der Waals surface area contributed by atoms with Crippen LogP contribution in [0.3, 0.4) is 0 Å². The molecule has 0 radical (unpaired) electrons. The van der Waals surface area contributed by atoms with Crippen LogP contribution in [0.15, 0.2) is 42.5 Å². The molecule has 1 atom stereocenters. The molecule has 35 heavy (non-hydrogen) atoms. The van der Waals surface area contributed by atoms with Gasteiger partial charge >= 0.3 is 5.97 Å². The Morgan fingerprint density at radius 3 is 2.60 bits per heavy atom. The largest absolute Gasteiger partial charge is 0.490 e. The van der Waals surface area contributed by atoms with Crippen LogP contribution in [0.2, 0.25) is 0 Å². The number of amides is 1. The Balaban J connectivity index is 1.30. The number of aryl methyl sites for hydroxylation is 1. The second-order valence-electron chi connectivity index (χ2n) is 10.0. The topological polar surface area (TPSA) is 82.1 Å². The van der Waals surface area contributed by atoms with Crippen molar-refractivity contribution >= 4 is 17.6 Å². The second-order valence-corrected chi connectivity index (χ2v) is 10.0. The average Bonchev–Trinajstić information content (AvgIpc) is 2.85. The number of benzene rings is 2. The first-order valence-corrected chi connectivity index (χ1v) is 12.6. The van der Waals surface area contributed by atoms with E-state index in [4.69, 9.17) is 4.74 Å². The van der Waals surface area contributed by atoms with Crippen LogP contribution in [0, 0.1) is 12.8 Å². The van der Waals surface area contributed by atoms with Crippen molar-refractivity contribution in [3.8, 4) is 5.75 Å². The molecule has 0 aromatic heterocycles. The van der Waals surface area contributed by atoms with Crippen LogP contribution in [0.4, 0.5) is 5.69 Å². The predicted octanol–water partition coefficient (Wildman–Crippen LogP) is 4.09. The molecule has 1 saturated carbocycles. The van der Waals surface area contributed by atoms with E-state index >= 15 is 0 Å². The number of piperazine rings is 1. The first-order valence-electron chi connectivity index (χ1n) is 12.6. The minimum atomic E-state index is -0.963. The van der Waals surface area contributed by atoms with E-state index in [2.05, 4.69) is 42.3 Å². The molecule has 1 amide bonds. The normalized spacial score (nSPS) is 23.0. The Hall–Kier alpha value is -2.90. The molecule has 2 aromatic carbocycles. The van der Waals surface area contributed by atoms with E-state index in [0.717, 1.165) is 57.5 Å². The quantitative estimate of drug-likeness (QED) is 0.623. The van der Waals surface area contributed by atoms with Gasteiger partial charge in [0.15, 0.2) is 0 Å². The fourth-order valence-electron chi connectivity index (χ4n) is 5.19. The lowest BCUT2D eigenvalue weighted by atomic mass is 9.86. The standard InChI is InChI=1S/C28H37N3O4/c1-19-15-24(10-7-23(19)18-31-14-13-29-20(2)17-31)30(3)27(32)21-8-11-25(12-9-21)35-26-6-4-5-22(16-26)28(33)34/h4-7,10,15-16,20-21,25,29H,8-9,11-14,17-18H2,1-3H3,(H,33,34)/t20-,21?,25?/m0/s1. The third kappa shape index (κ3) is 6.41. The van der Waals surface area contributed by atoms with E-state index in [9.17, 15) is 14.7 Å². The van der Waals surface area contributed by atoms with Crippen molar-refractivity contribution in [3.63, 3.8) is 0 Å². The third-order valence-corrected chi connectivity index (χ3v) is 7.30. The van der Waals surface area contributed by atoms with Crippen LogP contribution in [-0.2, 0) is 11.3 Å². The van der Waals surface area contributed by atoms with Gasteiger partial charge < -0.3 is 20.1 Å². The molecule has 2 aliphatic rings. The number of carbonyl (C=O) groups excluding carboxylic acids is 1. The summed E-state index contributed by atoms with van der Waals surface area (Å²) in [6, 6.07) is 13.5. The SMILES string of the molecule is Cc1cc(N(C)C(=O)C2CCC(Oc3cccc(C(=O)O)c3)CC2)ccc1CN1CCN[C@@H](C)C1. The number of hydrogen-bond donors (Lipinski definition) is 2. The molecule has 7 nitrogen and oxygen atoms in total. The zero-order chi connectivity index (χ0) is 24.9. The van der Waals surface area contributed by atoms with Gasteiger partial charge in [-0.15, -0.1) is 0 Å². The molecule has 0 spiro atoms. The van der Waals surface area contributed by atoms with Crippen LogP contribution >= 0.6 is 0 Å². The van der Waals surface area contributed by atoms with Gasteiger partial charge in [-0.1, -0.05) is 12.1 Å². The number of rotatable bonds is 7. The van der Waals surface area contributed by atoms with E-state index in [0.29, 0.717) is 11.8 Å². The van der Waals surface area contributed by atoms with Gasteiger partial charge in [0.05, 0.1) is 11.7 Å². The minimum absolute atomic E-state index is 0.00244. The molecular formula is C28H37N3O4. The van der Waals surface area contributed by atoms with E-state index in [-0.39, 0.29) is 23.5 Å². The summed E-state index contributed by atoms with van der Waals surface area (Å²) in [5, 5.41) is 12.7. The monoisotopic (exact) mass is 479 g/mol. The molecule has 1 aliphatic heterocycles. The highest BCUT2D eigenvalue weighted by atomic mass is 16.5. The van der Waals surface area contributed by atoms with Crippen molar-refractivity contribution < 1.29 is 19.4 Å². The number of carboxylic acid groups (broad SMARTS) is 1. The van der Waals surface area contributed by atoms with E-state index in [1.807, 2.05) is 7.05 Å². The maximum Gasteiger partial charge on any atom is 0.335 e. The molecule has 4 rings (SSSR count). The molecule has 1 aliphatic carbocycles. The number of nitrogens with zero attached hydrogens (tertiary/aromatic N) is 2. The number of hydrogen-bond acceptors (Lipinski definition) is 5. The number of carbonyl (C=O) groups is 2. The molecule has 1 heterocycles. The summed E-state index contributed by atoms with van der Waals surface area (Å²) >= 11 is 0. The van der Waals surface area contributed by atoms with E-state index in [1.165, 1.54) is 11.1 Å². The highest BCUT2D eigenvalue weighted by Gasteiger charge is 2.30. The second kappa shape index (κ2) is 11.2. The first kappa shape index (κ1) is 25.2. The van der Waals surface area contributed by atoms with Gasteiger partial charge in [-0.05, 0) is 81.0 Å². The molecule has 1 saturated heterocycles. The van der Waals surface area contributed by atoms with Gasteiger partial charge in [0.2, 0.25) is 5.91 Å². The van der Waals surface area contributed by atoms with Crippen molar-refractivity contribution in [1.82, 2.24) is 10.2 Å². The molecule has 0 unspecified atom stereocenters. The summed E-state index contributed by atoms with van der Waals surface area (Å²) in [5.41, 5.74) is 3.69. The van der Waals surface area contributed by atoms with Crippen molar-refractivity contribution in [2.45, 2.75) is 58.2 Å². The van der Waals surface area contributed by atoms with Crippen molar-refractivity contribution in [2.24, 2.45) is 5.92 Å². The first-order chi connectivity index (χ1) is 16.8. The van der Waals surface area contributed by atoms with E-state index in [1.54, 1.807) is 29.2 Å².